The smallest absolute Gasteiger partial charge is 0.267 e. The van der Waals surface area contributed by atoms with Crippen LogP contribution in [0.4, 0.5) is 5.82 Å². The number of aromatic nitrogens is 4. The lowest BCUT2D eigenvalue weighted by Gasteiger charge is -2.26. The SMILES string of the molecule is N#CC(=Cc1c(N(Cc2ccccc2)Cc2ccccc2)nc2ccccn2c1=O)c1nc2ccccc2[nH]1. The number of allylic oxidation sites excluding steroid dienone is 1. The summed E-state index contributed by atoms with van der Waals surface area (Å²) >= 11 is 0. The van der Waals surface area contributed by atoms with Crippen molar-refractivity contribution in [3.8, 4) is 6.07 Å². The molecule has 0 saturated heterocycles. The number of hydrogen-bond donors (Lipinski definition) is 1. The van der Waals surface area contributed by atoms with E-state index in [-0.39, 0.29) is 11.1 Å². The Labute approximate surface area is 225 Å². The predicted octanol–water partition coefficient (Wildman–Crippen LogP) is 5.84. The molecule has 0 fully saturated rings. The number of hydrogen-bond acceptors (Lipinski definition) is 5. The van der Waals surface area contributed by atoms with Crippen LogP contribution in [0.25, 0.3) is 28.3 Å². The third kappa shape index (κ3) is 4.91. The van der Waals surface area contributed by atoms with Crippen LogP contribution in [0.1, 0.15) is 22.5 Å². The van der Waals surface area contributed by atoms with Crippen molar-refractivity contribution < 1.29 is 0 Å². The van der Waals surface area contributed by atoms with Crippen molar-refractivity contribution in [2.24, 2.45) is 0 Å². The molecule has 6 rings (SSSR count). The molecule has 0 bridgehead atoms. The molecule has 0 aliphatic heterocycles. The average molecular weight is 509 g/mol. The molecule has 0 amide bonds. The number of nitrogens with one attached hydrogen (secondary N) is 1. The van der Waals surface area contributed by atoms with Crippen molar-refractivity contribution in [2.75, 3.05) is 4.90 Å². The van der Waals surface area contributed by atoms with E-state index in [4.69, 9.17) is 4.98 Å². The number of aromatic amines is 1. The first-order chi connectivity index (χ1) is 19.2. The van der Waals surface area contributed by atoms with E-state index in [0.717, 1.165) is 22.2 Å². The van der Waals surface area contributed by atoms with Gasteiger partial charge in [-0.1, -0.05) is 78.9 Å². The molecule has 0 unspecified atom stereocenters. The van der Waals surface area contributed by atoms with E-state index in [1.54, 1.807) is 18.3 Å². The Balaban J connectivity index is 1.56. The summed E-state index contributed by atoms with van der Waals surface area (Å²) < 4.78 is 1.51. The fourth-order valence-corrected chi connectivity index (χ4v) is 4.65. The number of nitriles is 1. The molecule has 7 heteroatoms. The summed E-state index contributed by atoms with van der Waals surface area (Å²) in [5.41, 5.74) is 4.57. The van der Waals surface area contributed by atoms with Gasteiger partial charge in [0.1, 0.15) is 23.4 Å². The van der Waals surface area contributed by atoms with E-state index in [1.807, 2.05) is 72.8 Å². The number of H-pyrrole nitrogens is 1. The number of benzene rings is 3. The lowest BCUT2D eigenvalue weighted by molar-refractivity contribution is 0.778. The molecule has 0 aliphatic carbocycles. The van der Waals surface area contributed by atoms with E-state index < -0.39 is 0 Å². The molecule has 3 aromatic carbocycles. The zero-order valence-corrected chi connectivity index (χ0v) is 21.0. The first kappa shape index (κ1) is 23.9. The molecule has 0 atom stereocenters. The molecule has 0 radical (unpaired) electrons. The van der Waals surface area contributed by atoms with Crippen LogP contribution in [0.2, 0.25) is 0 Å². The van der Waals surface area contributed by atoms with Gasteiger partial charge in [-0.15, -0.1) is 0 Å². The van der Waals surface area contributed by atoms with Crippen molar-refractivity contribution in [1.29, 1.82) is 5.26 Å². The molecular formula is C32H24N6O. The number of rotatable bonds is 7. The van der Waals surface area contributed by atoms with Crippen molar-refractivity contribution in [3.05, 3.63) is 142 Å². The highest BCUT2D eigenvalue weighted by Crippen LogP contribution is 2.26. The number of fused-ring (bicyclic) bond motifs is 2. The summed E-state index contributed by atoms with van der Waals surface area (Å²) in [5.74, 6) is 0.905. The maximum atomic E-state index is 13.9. The molecule has 6 aromatic rings. The first-order valence-electron chi connectivity index (χ1n) is 12.6. The zero-order chi connectivity index (χ0) is 26.6. The van der Waals surface area contributed by atoms with Crippen molar-refractivity contribution in [1.82, 2.24) is 19.4 Å². The van der Waals surface area contributed by atoms with Crippen molar-refractivity contribution >= 4 is 34.1 Å². The Morgan fingerprint density at radius 1 is 0.846 bits per heavy atom. The minimum atomic E-state index is -0.259. The van der Waals surface area contributed by atoms with Gasteiger partial charge in [-0.3, -0.25) is 9.20 Å². The van der Waals surface area contributed by atoms with Gasteiger partial charge in [-0.2, -0.15) is 5.26 Å². The number of pyridine rings is 1. The number of imidazole rings is 1. The first-order valence-corrected chi connectivity index (χ1v) is 12.6. The third-order valence-electron chi connectivity index (χ3n) is 6.53. The van der Waals surface area contributed by atoms with E-state index in [9.17, 15) is 10.1 Å². The summed E-state index contributed by atoms with van der Waals surface area (Å²) in [5, 5.41) is 10.1. The van der Waals surface area contributed by atoms with Crippen molar-refractivity contribution in [3.63, 3.8) is 0 Å². The molecule has 0 aliphatic rings. The van der Waals surface area contributed by atoms with E-state index in [1.165, 1.54) is 4.40 Å². The lowest BCUT2D eigenvalue weighted by Crippen LogP contribution is -2.29. The molecule has 39 heavy (non-hydrogen) atoms. The summed E-state index contributed by atoms with van der Waals surface area (Å²) in [7, 11) is 0. The summed E-state index contributed by atoms with van der Waals surface area (Å²) in [6.07, 6.45) is 3.29. The predicted molar refractivity (Wildman–Crippen MR) is 154 cm³/mol. The summed E-state index contributed by atoms with van der Waals surface area (Å²) in [6.45, 7) is 1.05. The van der Waals surface area contributed by atoms with Crippen LogP contribution < -0.4 is 10.5 Å². The number of para-hydroxylation sites is 2. The van der Waals surface area contributed by atoms with Gasteiger partial charge in [0.25, 0.3) is 5.56 Å². The summed E-state index contributed by atoms with van der Waals surface area (Å²) in [6, 6.07) is 35.4. The van der Waals surface area contributed by atoms with E-state index >= 15 is 0 Å². The van der Waals surface area contributed by atoms with Gasteiger partial charge in [-0.05, 0) is 41.5 Å². The number of nitrogens with zero attached hydrogens (tertiary/aromatic N) is 5. The van der Waals surface area contributed by atoms with Crippen LogP contribution in [0, 0.1) is 11.3 Å². The minimum Gasteiger partial charge on any atom is -0.347 e. The normalized spacial score (nSPS) is 11.5. The summed E-state index contributed by atoms with van der Waals surface area (Å²) in [4.78, 5) is 28.8. The minimum absolute atomic E-state index is 0.251. The van der Waals surface area contributed by atoms with Crippen LogP contribution in [0.3, 0.4) is 0 Å². The van der Waals surface area contributed by atoms with Gasteiger partial charge in [0.2, 0.25) is 0 Å². The molecule has 7 nitrogen and oxygen atoms in total. The van der Waals surface area contributed by atoms with Crippen LogP contribution in [-0.2, 0) is 13.1 Å². The molecular weight excluding hydrogens is 484 g/mol. The highest BCUT2D eigenvalue weighted by atomic mass is 16.1. The molecule has 3 aromatic heterocycles. The lowest BCUT2D eigenvalue weighted by atomic mass is 10.1. The Morgan fingerprint density at radius 3 is 2.15 bits per heavy atom. The van der Waals surface area contributed by atoms with Gasteiger partial charge in [0.15, 0.2) is 0 Å². The molecule has 1 N–H and O–H groups in total. The molecule has 0 spiro atoms. The van der Waals surface area contributed by atoms with Crippen molar-refractivity contribution in [2.45, 2.75) is 13.1 Å². The molecule has 188 valence electrons. The average Bonchev–Trinajstić information content (AvgIpc) is 3.42. The van der Waals surface area contributed by atoms with Crippen LogP contribution in [0.5, 0.6) is 0 Å². The third-order valence-corrected chi connectivity index (χ3v) is 6.53. The van der Waals surface area contributed by atoms with Gasteiger partial charge in [0.05, 0.1) is 22.2 Å². The maximum Gasteiger partial charge on any atom is 0.267 e. The quantitative estimate of drug-likeness (QED) is 0.274. The van der Waals surface area contributed by atoms with Gasteiger partial charge in [0, 0.05) is 19.3 Å². The van der Waals surface area contributed by atoms with Crippen LogP contribution in [-0.4, -0.2) is 19.4 Å². The van der Waals surface area contributed by atoms with Crippen LogP contribution in [0.15, 0.2) is 114 Å². The second kappa shape index (κ2) is 10.5. The fourth-order valence-electron chi connectivity index (χ4n) is 4.65. The highest BCUT2D eigenvalue weighted by molar-refractivity contribution is 5.92. The highest BCUT2D eigenvalue weighted by Gasteiger charge is 2.20. The largest absolute Gasteiger partial charge is 0.347 e. The Kier molecular flexibility index (Phi) is 6.42. The topological polar surface area (TPSA) is 90.1 Å². The zero-order valence-electron chi connectivity index (χ0n) is 21.0. The van der Waals surface area contributed by atoms with E-state index in [2.05, 4.69) is 45.2 Å². The Hall–Kier alpha value is -5.48. The van der Waals surface area contributed by atoms with Gasteiger partial charge < -0.3 is 9.88 Å². The molecule has 3 heterocycles. The second-order valence-electron chi connectivity index (χ2n) is 9.18. The number of anilines is 1. The fraction of sp³-hybridized carbons (Fsp3) is 0.0625. The second-order valence-corrected chi connectivity index (χ2v) is 9.18. The molecule has 0 saturated carbocycles. The van der Waals surface area contributed by atoms with E-state index in [0.29, 0.717) is 35.9 Å². The standard InChI is InChI=1S/C32H24N6O/c33-20-25(30-34-27-15-7-8-16-28(27)35-30)19-26-31(36-29-17-9-10-18-38(29)32(26)39)37(21-23-11-3-1-4-12-23)22-24-13-5-2-6-14-24/h1-19H,21-22H2,(H,34,35). The monoisotopic (exact) mass is 508 g/mol. The maximum absolute atomic E-state index is 13.9. The van der Waals surface area contributed by atoms with Gasteiger partial charge in [-0.25, -0.2) is 9.97 Å². The van der Waals surface area contributed by atoms with Crippen LogP contribution >= 0.6 is 0 Å². The van der Waals surface area contributed by atoms with Gasteiger partial charge >= 0.3 is 0 Å². The Bertz CT molecular complexity index is 1820. The Morgan fingerprint density at radius 2 is 1.49 bits per heavy atom.